The molecular formula is C6H14O4. The summed E-state index contributed by atoms with van der Waals surface area (Å²) in [7, 11) is 1.48. The highest BCUT2D eigenvalue weighted by Gasteiger charge is 2.03. The Balaban J connectivity index is 3.21. The molecule has 0 aromatic carbocycles. The first kappa shape index (κ1) is 9.84. The summed E-state index contributed by atoms with van der Waals surface area (Å²) in [6.07, 6.45) is 0. The van der Waals surface area contributed by atoms with Crippen LogP contribution in [0.2, 0.25) is 0 Å². The molecule has 4 heteroatoms. The fourth-order valence-corrected chi connectivity index (χ4v) is 0.469. The summed E-state index contributed by atoms with van der Waals surface area (Å²) in [4.78, 5) is 0. The van der Waals surface area contributed by atoms with Crippen molar-refractivity contribution in [3.8, 4) is 0 Å². The van der Waals surface area contributed by atoms with E-state index in [1.807, 2.05) is 6.92 Å². The van der Waals surface area contributed by atoms with E-state index in [2.05, 4.69) is 0 Å². The molecule has 0 radical (unpaired) electrons. The van der Waals surface area contributed by atoms with E-state index in [0.717, 1.165) is 0 Å². The van der Waals surface area contributed by atoms with Crippen molar-refractivity contribution in [1.82, 2.24) is 0 Å². The van der Waals surface area contributed by atoms with Gasteiger partial charge in [-0.05, 0) is 6.92 Å². The smallest absolute Gasteiger partial charge is 0.271 e. The van der Waals surface area contributed by atoms with Gasteiger partial charge in [0.2, 0.25) is 0 Å². The minimum absolute atomic E-state index is 0.0209. The molecule has 0 spiro atoms. The number of hydrogen-bond acceptors (Lipinski definition) is 4. The maximum Gasteiger partial charge on any atom is 0.271 e. The fourth-order valence-electron chi connectivity index (χ4n) is 0.469. The van der Waals surface area contributed by atoms with Gasteiger partial charge in [-0.1, -0.05) is 0 Å². The van der Waals surface area contributed by atoms with Crippen LogP contribution in [0.3, 0.4) is 0 Å². The molecule has 1 N–H and O–H groups in total. The van der Waals surface area contributed by atoms with E-state index in [1.165, 1.54) is 7.11 Å². The van der Waals surface area contributed by atoms with Crippen LogP contribution in [-0.4, -0.2) is 38.5 Å². The van der Waals surface area contributed by atoms with Crippen LogP contribution in [0.1, 0.15) is 6.92 Å². The monoisotopic (exact) mass is 150 g/mol. The van der Waals surface area contributed by atoms with Crippen molar-refractivity contribution in [3.63, 3.8) is 0 Å². The summed E-state index contributed by atoms with van der Waals surface area (Å²) < 4.78 is 14.6. The lowest BCUT2D eigenvalue weighted by Crippen LogP contribution is -2.20. The van der Waals surface area contributed by atoms with Gasteiger partial charge < -0.3 is 19.3 Å². The summed E-state index contributed by atoms with van der Waals surface area (Å²) >= 11 is 0. The summed E-state index contributed by atoms with van der Waals surface area (Å²) in [5.41, 5.74) is 0. The topological polar surface area (TPSA) is 47.9 Å². The van der Waals surface area contributed by atoms with Crippen molar-refractivity contribution in [2.24, 2.45) is 0 Å². The second-order valence-electron chi connectivity index (χ2n) is 1.57. The first-order valence-electron chi connectivity index (χ1n) is 3.22. The minimum atomic E-state index is -0.642. The fraction of sp³-hybridized carbons (Fsp3) is 1.00. The summed E-state index contributed by atoms with van der Waals surface area (Å²) in [6, 6.07) is 0. The first-order valence-corrected chi connectivity index (χ1v) is 3.22. The van der Waals surface area contributed by atoms with Gasteiger partial charge in [-0.3, -0.25) is 0 Å². The lowest BCUT2D eigenvalue weighted by Gasteiger charge is -2.14. The molecule has 0 rings (SSSR count). The van der Waals surface area contributed by atoms with Gasteiger partial charge in [0.15, 0.2) is 0 Å². The first-order chi connectivity index (χ1) is 4.85. The normalized spacial score (nSPS) is 13.5. The van der Waals surface area contributed by atoms with Crippen LogP contribution < -0.4 is 0 Å². The highest BCUT2D eigenvalue weighted by Crippen LogP contribution is 1.93. The summed E-state index contributed by atoms with van der Waals surface area (Å²) in [5.74, 6) is 0. The Morgan fingerprint density at radius 1 is 1.40 bits per heavy atom. The molecule has 1 unspecified atom stereocenters. The third-order valence-electron chi connectivity index (χ3n) is 0.840. The van der Waals surface area contributed by atoms with Crippen LogP contribution in [0.25, 0.3) is 0 Å². The van der Waals surface area contributed by atoms with E-state index in [0.29, 0.717) is 6.61 Å². The average Bonchev–Trinajstić information content (AvgIpc) is 1.98. The van der Waals surface area contributed by atoms with E-state index >= 15 is 0 Å². The summed E-state index contributed by atoms with van der Waals surface area (Å²) in [5, 5.41) is 8.34. The zero-order chi connectivity index (χ0) is 7.82. The van der Waals surface area contributed by atoms with Crippen molar-refractivity contribution in [1.29, 1.82) is 0 Å². The minimum Gasteiger partial charge on any atom is -0.394 e. The molecule has 4 nitrogen and oxygen atoms in total. The highest BCUT2D eigenvalue weighted by molar-refractivity contribution is 4.25. The third kappa shape index (κ3) is 4.69. The van der Waals surface area contributed by atoms with Crippen LogP contribution in [0.5, 0.6) is 0 Å². The van der Waals surface area contributed by atoms with Crippen LogP contribution in [0.4, 0.5) is 0 Å². The molecule has 0 aliphatic carbocycles. The Hall–Kier alpha value is -0.160. The van der Waals surface area contributed by atoms with Gasteiger partial charge in [0, 0.05) is 13.7 Å². The van der Waals surface area contributed by atoms with Gasteiger partial charge in [0.25, 0.3) is 6.48 Å². The van der Waals surface area contributed by atoms with Gasteiger partial charge in [0.05, 0.1) is 13.2 Å². The van der Waals surface area contributed by atoms with Crippen molar-refractivity contribution >= 4 is 0 Å². The number of aliphatic hydroxyl groups is 1. The lowest BCUT2D eigenvalue weighted by molar-refractivity contribution is -0.277. The SMILES string of the molecule is CCOC(OC)OCCO. The molecule has 1 atom stereocenters. The molecule has 0 aliphatic heterocycles. The zero-order valence-electron chi connectivity index (χ0n) is 6.37. The van der Waals surface area contributed by atoms with Crippen molar-refractivity contribution < 1.29 is 19.3 Å². The predicted octanol–water partition coefficient (Wildman–Crippen LogP) is -0.0382. The van der Waals surface area contributed by atoms with Gasteiger partial charge in [-0.2, -0.15) is 0 Å². The van der Waals surface area contributed by atoms with E-state index in [4.69, 9.17) is 19.3 Å². The number of ether oxygens (including phenoxy) is 3. The Kier molecular flexibility index (Phi) is 6.84. The van der Waals surface area contributed by atoms with Crippen molar-refractivity contribution in [2.45, 2.75) is 13.4 Å². The van der Waals surface area contributed by atoms with E-state index in [9.17, 15) is 0 Å². The standard InChI is InChI=1S/C6H14O4/c1-3-9-6(8-2)10-5-4-7/h6-7H,3-5H2,1-2H3. The number of methoxy groups -OCH3 is 1. The molecular weight excluding hydrogens is 136 g/mol. The zero-order valence-corrected chi connectivity index (χ0v) is 6.37. The van der Waals surface area contributed by atoms with Crippen LogP contribution >= 0.6 is 0 Å². The van der Waals surface area contributed by atoms with Gasteiger partial charge in [-0.15, -0.1) is 0 Å². The van der Waals surface area contributed by atoms with Crippen molar-refractivity contribution in [2.75, 3.05) is 26.9 Å². The summed E-state index contributed by atoms with van der Waals surface area (Å²) in [6.45, 7) is 1.95. The molecule has 0 heterocycles. The molecule has 62 valence electrons. The Labute approximate surface area is 60.7 Å². The number of hydrogen-bond donors (Lipinski definition) is 1. The van der Waals surface area contributed by atoms with E-state index in [-0.39, 0.29) is 13.2 Å². The van der Waals surface area contributed by atoms with Gasteiger partial charge in [0.1, 0.15) is 0 Å². The Morgan fingerprint density at radius 3 is 2.50 bits per heavy atom. The maximum atomic E-state index is 8.34. The molecule has 0 bridgehead atoms. The largest absolute Gasteiger partial charge is 0.394 e. The van der Waals surface area contributed by atoms with Gasteiger partial charge >= 0.3 is 0 Å². The van der Waals surface area contributed by atoms with Crippen LogP contribution in [0.15, 0.2) is 0 Å². The second kappa shape index (κ2) is 6.95. The molecule has 0 amide bonds. The van der Waals surface area contributed by atoms with Crippen LogP contribution in [-0.2, 0) is 14.2 Å². The maximum absolute atomic E-state index is 8.34. The number of rotatable bonds is 6. The van der Waals surface area contributed by atoms with E-state index in [1.54, 1.807) is 0 Å². The Morgan fingerprint density at radius 2 is 2.10 bits per heavy atom. The average molecular weight is 150 g/mol. The molecule has 10 heavy (non-hydrogen) atoms. The highest BCUT2D eigenvalue weighted by atomic mass is 16.8. The molecule has 0 saturated carbocycles. The molecule has 0 fully saturated rings. The van der Waals surface area contributed by atoms with Crippen molar-refractivity contribution in [3.05, 3.63) is 0 Å². The molecule has 0 aromatic heterocycles. The lowest BCUT2D eigenvalue weighted by atomic mass is 10.8. The van der Waals surface area contributed by atoms with E-state index < -0.39 is 6.48 Å². The second-order valence-corrected chi connectivity index (χ2v) is 1.57. The molecule has 0 aromatic rings. The molecule has 0 saturated heterocycles. The Bertz CT molecular complexity index is 66.8. The number of aliphatic hydroxyl groups excluding tert-OH is 1. The third-order valence-corrected chi connectivity index (χ3v) is 0.840. The van der Waals surface area contributed by atoms with Gasteiger partial charge in [-0.25, -0.2) is 0 Å². The van der Waals surface area contributed by atoms with Crippen LogP contribution in [0, 0.1) is 0 Å². The quantitative estimate of drug-likeness (QED) is 0.540. The molecule has 0 aliphatic rings. The predicted molar refractivity (Wildman–Crippen MR) is 35.5 cm³/mol.